The molecule has 0 bridgehead atoms. The number of alkyl carbamates (subject to hydrolysis) is 1. The molecule has 1 aliphatic carbocycles. The van der Waals surface area contributed by atoms with E-state index in [2.05, 4.69) is 12.2 Å². The van der Waals surface area contributed by atoms with E-state index in [-0.39, 0.29) is 12.0 Å². The lowest BCUT2D eigenvalue weighted by atomic mass is 9.75. The monoisotopic (exact) mass is 297 g/mol. The highest BCUT2D eigenvalue weighted by molar-refractivity contribution is 5.83. The van der Waals surface area contributed by atoms with E-state index in [0.717, 1.165) is 25.7 Å². The number of rotatable bonds is 5. The molecular formula is C17H31NO3. The Morgan fingerprint density at radius 1 is 1.38 bits per heavy atom. The highest BCUT2D eigenvalue weighted by atomic mass is 16.6. The summed E-state index contributed by atoms with van der Waals surface area (Å²) in [5.41, 5.74) is -0.510. The molecule has 0 heterocycles. The van der Waals surface area contributed by atoms with Crippen LogP contribution in [0.4, 0.5) is 4.79 Å². The van der Waals surface area contributed by atoms with E-state index < -0.39 is 11.7 Å². The molecule has 4 heteroatoms. The predicted octanol–water partition coefficient (Wildman–Crippen LogP) is 4.08. The number of ketones is 1. The van der Waals surface area contributed by atoms with Gasteiger partial charge in [-0.1, -0.05) is 26.7 Å². The summed E-state index contributed by atoms with van der Waals surface area (Å²) in [6.07, 6.45) is 5.23. The molecule has 1 aliphatic rings. The van der Waals surface area contributed by atoms with Crippen LogP contribution in [0.5, 0.6) is 0 Å². The first kappa shape index (κ1) is 18.0. The normalized spacial score (nSPS) is 24.5. The summed E-state index contributed by atoms with van der Waals surface area (Å²) >= 11 is 0. The standard InChI is InChI=1S/C17H31NO3/c1-6-8-12-9-10-15(19)13(11-12)14(7-2)18-16(20)21-17(3,4)5/h12-14H,6-11H2,1-5H3,(H,18,20). The number of amides is 1. The second kappa shape index (κ2) is 7.81. The Labute approximate surface area is 129 Å². The van der Waals surface area contributed by atoms with Gasteiger partial charge in [0.1, 0.15) is 11.4 Å². The minimum atomic E-state index is -0.510. The summed E-state index contributed by atoms with van der Waals surface area (Å²) in [5, 5.41) is 2.90. The van der Waals surface area contributed by atoms with Crippen molar-refractivity contribution < 1.29 is 14.3 Å². The Hall–Kier alpha value is -1.06. The van der Waals surface area contributed by atoms with Crippen molar-refractivity contribution in [1.29, 1.82) is 0 Å². The number of hydrogen-bond acceptors (Lipinski definition) is 3. The van der Waals surface area contributed by atoms with Gasteiger partial charge in [0.15, 0.2) is 0 Å². The summed E-state index contributed by atoms with van der Waals surface area (Å²) < 4.78 is 5.31. The maximum Gasteiger partial charge on any atom is 0.407 e. The molecule has 1 N–H and O–H groups in total. The number of Topliss-reactive ketones (excluding diaryl/α,β-unsaturated/α-hetero) is 1. The van der Waals surface area contributed by atoms with E-state index in [1.165, 1.54) is 6.42 Å². The van der Waals surface area contributed by atoms with Crippen molar-refractivity contribution >= 4 is 11.9 Å². The molecule has 3 unspecified atom stereocenters. The van der Waals surface area contributed by atoms with E-state index in [1.54, 1.807) is 0 Å². The summed E-state index contributed by atoms with van der Waals surface area (Å²) in [7, 11) is 0. The Morgan fingerprint density at radius 2 is 2.05 bits per heavy atom. The second-order valence-corrected chi connectivity index (χ2v) is 7.16. The first-order valence-electron chi connectivity index (χ1n) is 8.29. The molecule has 1 amide bonds. The summed E-state index contributed by atoms with van der Waals surface area (Å²) in [6.45, 7) is 9.73. The van der Waals surface area contributed by atoms with Gasteiger partial charge in [-0.25, -0.2) is 4.79 Å². The van der Waals surface area contributed by atoms with Crippen molar-refractivity contribution in [2.24, 2.45) is 11.8 Å². The van der Waals surface area contributed by atoms with Crippen molar-refractivity contribution in [3.8, 4) is 0 Å². The van der Waals surface area contributed by atoms with Crippen LogP contribution in [-0.4, -0.2) is 23.5 Å². The van der Waals surface area contributed by atoms with Gasteiger partial charge in [0, 0.05) is 18.4 Å². The van der Waals surface area contributed by atoms with Gasteiger partial charge >= 0.3 is 6.09 Å². The molecule has 0 aliphatic heterocycles. The van der Waals surface area contributed by atoms with Crippen LogP contribution in [0.2, 0.25) is 0 Å². The van der Waals surface area contributed by atoms with Crippen LogP contribution in [0.25, 0.3) is 0 Å². The molecule has 0 aromatic rings. The molecule has 21 heavy (non-hydrogen) atoms. The van der Waals surface area contributed by atoms with Gasteiger partial charge in [-0.3, -0.25) is 4.79 Å². The van der Waals surface area contributed by atoms with E-state index in [4.69, 9.17) is 4.74 Å². The Morgan fingerprint density at radius 3 is 2.57 bits per heavy atom. The maximum atomic E-state index is 12.2. The molecule has 0 saturated heterocycles. The fourth-order valence-electron chi connectivity index (χ4n) is 3.15. The lowest BCUT2D eigenvalue weighted by molar-refractivity contribution is -0.126. The SMILES string of the molecule is CCCC1CCC(=O)C(C(CC)NC(=O)OC(C)(C)C)C1. The zero-order valence-electron chi connectivity index (χ0n) is 14.2. The van der Waals surface area contributed by atoms with Crippen molar-refractivity contribution in [2.75, 3.05) is 0 Å². The van der Waals surface area contributed by atoms with E-state index in [0.29, 0.717) is 18.1 Å². The van der Waals surface area contributed by atoms with Crippen LogP contribution in [-0.2, 0) is 9.53 Å². The molecule has 0 aromatic carbocycles. The van der Waals surface area contributed by atoms with Crippen LogP contribution in [0, 0.1) is 11.8 Å². The van der Waals surface area contributed by atoms with Gasteiger partial charge in [-0.15, -0.1) is 0 Å². The molecule has 1 saturated carbocycles. The third-order valence-electron chi connectivity index (χ3n) is 4.12. The number of nitrogens with one attached hydrogen (secondary N) is 1. The second-order valence-electron chi connectivity index (χ2n) is 7.16. The molecule has 122 valence electrons. The summed E-state index contributed by atoms with van der Waals surface area (Å²) in [4.78, 5) is 24.2. The van der Waals surface area contributed by atoms with Crippen molar-refractivity contribution in [1.82, 2.24) is 5.32 Å². The molecule has 0 radical (unpaired) electrons. The Balaban J connectivity index is 2.64. The van der Waals surface area contributed by atoms with E-state index in [1.807, 2.05) is 27.7 Å². The minimum absolute atomic E-state index is 0.0483. The number of carbonyl (C=O) groups excluding carboxylic acids is 2. The minimum Gasteiger partial charge on any atom is -0.444 e. The highest BCUT2D eigenvalue weighted by Gasteiger charge is 2.34. The largest absolute Gasteiger partial charge is 0.444 e. The number of ether oxygens (including phenoxy) is 1. The lowest BCUT2D eigenvalue weighted by Gasteiger charge is -2.34. The molecule has 0 aromatic heterocycles. The zero-order chi connectivity index (χ0) is 16.0. The van der Waals surface area contributed by atoms with Gasteiger partial charge in [0.25, 0.3) is 0 Å². The molecular weight excluding hydrogens is 266 g/mol. The number of carbonyl (C=O) groups is 2. The highest BCUT2D eigenvalue weighted by Crippen LogP contribution is 2.32. The van der Waals surface area contributed by atoms with Crippen LogP contribution < -0.4 is 5.32 Å². The zero-order valence-corrected chi connectivity index (χ0v) is 14.2. The summed E-state index contributed by atoms with van der Waals surface area (Å²) in [6, 6.07) is -0.105. The summed E-state index contributed by atoms with van der Waals surface area (Å²) in [5.74, 6) is 0.866. The Kier molecular flexibility index (Phi) is 6.69. The molecule has 3 atom stereocenters. The van der Waals surface area contributed by atoms with Crippen molar-refractivity contribution in [3.63, 3.8) is 0 Å². The van der Waals surface area contributed by atoms with Gasteiger partial charge < -0.3 is 10.1 Å². The molecule has 1 fully saturated rings. The fraction of sp³-hybridized carbons (Fsp3) is 0.882. The van der Waals surface area contributed by atoms with Crippen LogP contribution >= 0.6 is 0 Å². The average Bonchev–Trinajstić information content (AvgIpc) is 2.36. The van der Waals surface area contributed by atoms with Crippen LogP contribution in [0.15, 0.2) is 0 Å². The van der Waals surface area contributed by atoms with Gasteiger partial charge in [-0.2, -0.15) is 0 Å². The van der Waals surface area contributed by atoms with E-state index in [9.17, 15) is 9.59 Å². The van der Waals surface area contributed by atoms with Crippen molar-refractivity contribution in [3.05, 3.63) is 0 Å². The molecule has 1 rings (SSSR count). The van der Waals surface area contributed by atoms with Gasteiger partial charge in [0.2, 0.25) is 0 Å². The third kappa shape index (κ3) is 6.06. The van der Waals surface area contributed by atoms with E-state index >= 15 is 0 Å². The molecule has 4 nitrogen and oxygen atoms in total. The maximum absolute atomic E-state index is 12.2. The third-order valence-corrected chi connectivity index (χ3v) is 4.12. The quantitative estimate of drug-likeness (QED) is 0.832. The van der Waals surface area contributed by atoms with Crippen LogP contribution in [0.1, 0.15) is 73.1 Å². The van der Waals surface area contributed by atoms with Gasteiger partial charge in [-0.05, 0) is 46.0 Å². The Bertz CT molecular complexity index is 360. The van der Waals surface area contributed by atoms with Crippen molar-refractivity contribution in [2.45, 2.75) is 84.8 Å². The first-order chi connectivity index (χ1) is 9.76. The average molecular weight is 297 g/mol. The van der Waals surface area contributed by atoms with Gasteiger partial charge in [0.05, 0.1) is 0 Å². The topological polar surface area (TPSA) is 55.4 Å². The number of hydrogen-bond donors (Lipinski definition) is 1. The fourth-order valence-corrected chi connectivity index (χ4v) is 3.15. The van der Waals surface area contributed by atoms with Crippen LogP contribution in [0.3, 0.4) is 0 Å². The first-order valence-corrected chi connectivity index (χ1v) is 8.29. The lowest BCUT2D eigenvalue weighted by Crippen LogP contribution is -2.46. The smallest absolute Gasteiger partial charge is 0.407 e. The molecule has 0 spiro atoms. The predicted molar refractivity (Wildman–Crippen MR) is 84.2 cm³/mol.